The minimum Gasteiger partial charge on any atom is -0.384 e. The fraction of sp³-hybridized carbons (Fsp3) is 0.500. The van der Waals surface area contributed by atoms with Gasteiger partial charge in [0.1, 0.15) is 5.84 Å². The molecule has 1 aromatic carbocycles. The second-order valence-corrected chi connectivity index (χ2v) is 5.49. The smallest absolute Gasteiger partial charge is 0.338 e. The summed E-state index contributed by atoms with van der Waals surface area (Å²) in [5.74, 6) is 0.0919. The van der Waals surface area contributed by atoms with Crippen molar-refractivity contribution in [3.05, 3.63) is 35.4 Å². The van der Waals surface area contributed by atoms with Gasteiger partial charge in [0.2, 0.25) is 0 Å². The summed E-state index contributed by atoms with van der Waals surface area (Å²) in [4.78, 5) is 16.8. The molecule has 0 heterocycles. The summed E-state index contributed by atoms with van der Waals surface area (Å²) in [6, 6.07) is 8.05. The van der Waals surface area contributed by atoms with Crippen molar-refractivity contribution in [1.82, 2.24) is 0 Å². The molecular formula is C16H22N2O2. The summed E-state index contributed by atoms with van der Waals surface area (Å²) >= 11 is 0. The standard InChI is InChI=1S/C16H22N2O2/c1-12-7-9-13(10-8-12)11-15(17)18-20-16(19)14-5-3-2-4-6-14/h7-10,14H,2-6,11H2,1H3,(H2,17,18). The van der Waals surface area contributed by atoms with E-state index in [1.165, 1.54) is 12.0 Å². The molecule has 0 aliphatic heterocycles. The molecule has 1 aliphatic rings. The molecule has 20 heavy (non-hydrogen) atoms. The van der Waals surface area contributed by atoms with Gasteiger partial charge in [0, 0.05) is 6.42 Å². The number of carbonyl (C=O) groups is 1. The Hall–Kier alpha value is -1.84. The fourth-order valence-electron chi connectivity index (χ4n) is 2.46. The molecule has 0 aromatic heterocycles. The Balaban J connectivity index is 1.83. The van der Waals surface area contributed by atoms with Crippen LogP contribution in [0.3, 0.4) is 0 Å². The second kappa shape index (κ2) is 7.08. The van der Waals surface area contributed by atoms with E-state index in [0.29, 0.717) is 12.3 Å². The monoisotopic (exact) mass is 274 g/mol. The van der Waals surface area contributed by atoms with Gasteiger partial charge in [0.15, 0.2) is 0 Å². The number of hydrogen-bond donors (Lipinski definition) is 1. The van der Waals surface area contributed by atoms with Crippen LogP contribution >= 0.6 is 0 Å². The summed E-state index contributed by atoms with van der Waals surface area (Å²) in [5.41, 5.74) is 8.06. The van der Waals surface area contributed by atoms with Crippen LogP contribution < -0.4 is 5.73 Å². The number of aryl methyl sites for hydroxylation is 1. The van der Waals surface area contributed by atoms with Crippen molar-refractivity contribution in [3.63, 3.8) is 0 Å². The molecule has 1 fully saturated rings. The molecule has 1 aromatic rings. The highest BCUT2D eigenvalue weighted by Gasteiger charge is 2.22. The number of hydrogen-bond acceptors (Lipinski definition) is 3. The van der Waals surface area contributed by atoms with E-state index in [2.05, 4.69) is 5.16 Å². The average Bonchev–Trinajstić information content (AvgIpc) is 2.48. The van der Waals surface area contributed by atoms with Gasteiger partial charge in [-0.2, -0.15) is 0 Å². The van der Waals surface area contributed by atoms with E-state index in [0.717, 1.165) is 31.2 Å². The Kier molecular flexibility index (Phi) is 5.16. The quantitative estimate of drug-likeness (QED) is 0.397. The zero-order chi connectivity index (χ0) is 14.4. The number of benzene rings is 1. The van der Waals surface area contributed by atoms with Gasteiger partial charge in [-0.1, -0.05) is 54.2 Å². The lowest BCUT2D eigenvalue weighted by molar-refractivity contribution is -0.149. The van der Waals surface area contributed by atoms with Gasteiger partial charge in [-0.3, -0.25) is 0 Å². The molecule has 0 radical (unpaired) electrons. The van der Waals surface area contributed by atoms with Gasteiger partial charge in [0.25, 0.3) is 0 Å². The molecule has 0 bridgehead atoms. The summed E-state index contributed by atoms with van der Waals surface area (Å²) < 4.78 is 0. The summed E-state index contributed by atoms with van der Waals surface area (Å²) in [5, 5.41) is 3.76. The summed E-state index contributed by atoms with van der Waals surface area (Å²) in [6.45, 7) is 2.03. The van der Waals surface area contributed by atoms with Gasteiger partial charge < -0.3 is 10.6 Å². The van der Waals surface area contributed by atoms with E-state index in [1.54, 1.807) is 0 Å². The first-order valence-corrected chi connectivity index (χ1v) is 7.24. The Morgan fingerprint density at radius 2 is 1.90 bits per heavy atom. The second-order valence-electron chi connectivity index (χ2n) is 5.49. The Labute approximate surface area is 120 Å². The molecule has 4 heteroatoms. The first-order valence-electron chi connectivity index (χ1n) is 7.24. The largest absolute Gasteiger partial charge is 0.384 e. The van der Waals surface area contributed by atoms with Crippen molar-refractivity contribution in [3.8, 4) is 0 Å². The van der Waals surface area contributed by atoms with Crippen LogP contribution in [0.4, 0.5) is 0 Å². The van der Waals surface area contributed by atoms with Crippen LogP contribution in [0.5, 0.6) is 0 Å². The Morgan fingerprint density at radius 1 is 1.25 bits per heavy atom. The van der Waals surface area contributed by atoms with Crippen molar-refractivity contribution >= 4 is 11.8 Å². The van der Waals surface area contributed by atoms with Crippen LogP contribution in [0.1, 0.15) is 43.2 Å². The van der Waals surface area contributed by atoms with E-state index in [1.807, 2.05) is 31.2 Å². The van der Waals surface area contributed by atoms with Crippen molar-refractivity contribution < 1.29 is 9.63 Å². The number of oxime groups is 1. The molecule has 0 spiro atoms. The number of rotatable bonds is 4. The zero-order valence-electron chi connectivity index (χ0n) is 12.0. The molecule has 1 saturated carbocycles. The van der Waals surface area contributed by atoms with E-state index in [-0.39, 0.29) is 11.9 Å². The normalized spacial score (nSPS) is 16.9. The molecule has 0 unspecified atom stereocenters. The van der Waals surface area contributed by atoms with E-state index < -0.39 is 0 Å². The van der Waals surface area contributed by atoms with Crippen molar-refractivity contribution in [1.29, 1.82) is 0 Å². The van der Waals surface area contributed by atoms with Crippen LogP contribution in [0.25, 0.3) is 0 Å². The molecular weight excluding hydrogens is 252 g/mol. The highest BCUT2D eigenvalue weighted by atomic mass is 16.7. The van der Waals surface area contributed by atoms with Gasteiger partial charge in [-0.05, 0) is 25.3 Å². The number of nitrogens with two attached hydrogens (primary N) is 1. The highest BCUT2D eigenvalue weighted by molar-refractivity contribution is 5.83. The third-order valence-corrected chi connectivity index (χ3v) is 3.70. The molecule has 2 rings (SSSR count). The van der Waals surface area contributed by atoms with Crippen LogP contribution in [0.15, 0.2) is 29.4 Å². The molecule has 0 atom stereocenters. The maximum atomic E-state index is 11.8. The van der Waals surface area contributed by atoms with Crippen LogP contribution in [0.2, 0.25) is 0 Å². The van der Waals surface area contributed by atoms with Gasteiger partial charge in [-0.15, -0.1) is 0 Å². The lowest BCUT2D eigenvalue weighted by atomic mass is 9.89. The molecule has 108 valence electrons. The van der Waals surface area contributed by atoms with Crippen LogP contribution in [0, 0.1) is 12.8 Å². The van der Waals surface area contributed by atoms with Crippen molar-refractivity contribution in [2.24, 2.45) is 16.8 Å². The van der Waals surface area contributed by atoms with E-state index in [4.69, 9.17) is 10.6 Å². The SMILES string of the molecule is Cc1ccc(C/C(N)=N/OC(=O)C2CCCCC2)cc1. The van der Waals surface area contributed by atoms with E-state index >= 15 is 0 Å². The minimum atomic E-state index is -0.239. The highest BCUT2D eigenvalue weighted by Crippen LogP contribution is 2.24. The lowest BCUT2D eigenvalue weighted by Crippen LogP contribution is -2.21. The van der Waals surface area contributed by atoms with Gasteiger partial charge in [-0.25, -0.2) is 4.79 Å². The fourth-order valence-corrected chi connectivity index (χ4v) is 2.46. The average molecular weight is 274 g/mol. The molecule has 4 nitrogen and oxygen atoms in total. The third-order valence-electron chi connectivity index (χ3n) is 3.70. The van der Waals surface area contributed by atoms with E-state index in [9.17, 15) is 4.79 Å². The Morgan fingerprint density at radius 3 is 2.55 bits per heavy atom. The predicted molar refractivity (Wildman–Crippen MR) is 79.2 cm³/mol. The van der Waals surface area contributed by atoms with Crippen LogP contribution in [-0.4, -0.2) is 11.8 Å². The predicted octanol–water partition coefficient (Wildman–Crippen LogP) is 2.93. The number of nitrogens with zero attached hydrogens (tertiary/aromatic N) is 1. The summed E-state index contributed by atoms with van der Waals surface area (Å²) in [7, 11) is 0. The molecule has 1 aliphatic carbocycles. The zero-order valence-corrected chi connectivity index (χ0v) is 12.0. The first kappa shape index (κ1) is 14.6. The third kappa shape index (κ3) is 4.37. The molecule has 0 saturated heterocycles. The maximum absolute atomic E-state index is 11.8. The molecule has 0 amide bonds. The van der Waals surface area contributed by atoms with Gasteiger partial charge in [0.05, 0.1) is 5.92 Å². The first-order chi connectivity index (χ1) is 9.65. The number of carbonyl (C=O) groups excluding carboxylic acids is 1. The summed E-state index contributed by atoms with van der Waals surface area (Å²) in [6.07, 6.45) is 5.73. The molecule has 2 N–H and O–H groups in total. The Bertz CT molecular complexity index is 474. The van der Waals surface area contributed by atoms with Crippen molar-refractivity contribution in [2.75, 3.05) is 0 Å². The minimum absolute atomic E-state index is 0.000301. The van der Waals surface area contributed by atoms with Crippen LogP contribution in [-0.2, 0) is 16.1 Å². The lowest BCUT2D eigenvalue weighted by Gasteiger charge is -2.18. The number of amidine groups is 1. The maximum Gasteiger partial charge on any atom is 0.338 e. The van der Waals surface area contributed by atoms with Crippen molar-refractivity contribution in [2.45, 2.75) is 45.4 Å². The van der Waals surface area contributed by atoms with Gasteiger partial charge >= 0.3 is 5.97 Å². The topological polar surface area (TPSA) is 64.7 Å².